The van der Waals surface area contributed by atoms with E-state index in [-0.39, 0.29) is 5.92 Å². The van der Waals surface area contributed by atoms with E-state index < -0.39 is 6.09 Å². The van der Waals surface area contributed by atoms with Crippen LogP contribution < -0.4 is 10.0 Å². The van der Waals surface area contributed by atoms with Crippen molar-refractivity contribution in [3.63, 3.8) is 0 Å². The first-order valence-electron chi connectivity index (χ1n) is 10.9. The molecule has 2 aromatic carbocycles. The number of imidazole rings is 1. The number of amides is 1. The van der Waals surface area contributed by atoms with Gasteiger partial charge in [-0.05, 0) is 54.8 Å². The van der Waals surface area contributed by atoms with E-state index >= 15 is 0 Å². The average molecular weight is 486 g/mol. The van der Waals surface area contributed by atoms with Crippen LogP contribution in [0.15, 0.2) is 60.9 Å². The topological polar surface area (TPSA) is 118 Å². The highest BCUT2D eigenvalue weighted by atomic mass is 35.5. The molecule has 0 aliphatic heterocycles. The third-order valence-electron chi connectivity index (χ3n) is 6.15. The van der Waals surface area contributed by atoms with Crippen molar-refractivity contribution in [3.05, 3.63) is 93.8 Å². The van der Waals surface area contributed by atoms with Gasteiger partial charge < -0.3 is 14.9 Å². The lowest BCUT2D eigenvalue weighted by molar-refractivity contribution is -0.614. The summed E-state index contributed by atoms with van der Waals surface area (Å²) >= 11 is 6.14. The Morgan fingerprint density at radius 2 is 2.06 bits per heavy atom. The molecule has 2 aromatic heterocycles. The minimum absolute atomic E-state index is 0.166. The Bertz CT molecular complexity index is 1470. The van der Waals surface area contributed by atoms with Gasteiger partial charge in [0, 0.05) is 27.4 Å². The van der Waals surface area contributed by atoms with E-state index in [1.807, 2.05) is 18.2 Å². The molecule has 0 bridgehead atoms. The van der Waals surface area contributed by atoms with E-state index in [4.69, 9.17) is 11.6 Å². The number of aryl methyl sites for hydroxylation is 1. The van der Waals surface area contributed by atoms with Gasteiger partial charge in [0.15, 0.2) is 6.20 Å². The highest BCUT2D eigenvalue weighted by molar-refractivity contribution is 6.30. The van der Waals surface area contributed by atoms with Crippen LogP contribution in [0.1, 0.15) is 35.0 Å². The maximum absolute atomic E-state index is 13.1. The average Bonchev–Trinajstić information content (AvgIpc) is 3.52. The monoisotopic (exact) mass is 485 g/mol. The Morgan fingerprint density at radius 1 is 1.26 bits per heavy atom. The number of hydrogen-bond acceptors (Lipinski definition) is 5. The standard InChI is InChI=1S/C26H20ClN5O3/c1-35-26(33)30-20-7-3-15(4-8-20)23-13-29-25(31-23)21-9-5-16-10-18(14-32(34)24(16)21)22-11-19(27)6-2-17(22)12-28/h2-4,6-8,10-11,13-14,21H,5,9H2,1H3,(H,29,31)(H,30,33)/t21-/m1/s1. The van der Waals surface area contributed by atoms with E-state index in [0.717, 1.165) is 34.4 Å². The number of pyridine rings is 1. The zero-order valence-corrected chi connectivity index (χ0v) is 19.5. The van der Waals surface area contributed by atoms with Crippen molar-refractivity contribution in [3.8, 4) is 28.5 Å². The van der Waals surface area contributed by atoms with Crippen LogP contribution in [-0.2, 0) is 11.2 Å². The molecule has 1 aliphatic carbocycles. The van der Waals surface area contributed by atoms with Gasteiger partial charge in [0.2, 0.25) is 5.69 Å². The predicted molar refractivity (Wildman–Crippen MR) is 131 cm³/mol. The number of methoxy groups -OCH3 is 1. The van der Waals surface area contributed by atoms with Gasteiger partial charge >= 0.3 is 6.09 Å². The fourth-order valence-corrected chi connectivity index (χ4v) is 4.65. The van der Waals surface area contributed by atoms with E-state index in [0.29, 0.717) is 38.9 Å². The van der Waals surface area contributed by atoms with Crippen molar-refractivity contribution >= 4 is 23.4 Å². The number of ether oxygens (including phenoxy) is 1. The lowest BCUT2D eigenvalue weighted by Gasteiger charge is -2.12. The highest BCUT2D eigenvalue weighted by Gasteiger charge is 2.34. The van der Waals surface area contributed by atoms with Crippen molar-refractivity contribution in [2.24, 2.45) is 0 Å². The molecule has 0 unspecified atom stereocenters. The summed E-state index contributed by atoms with van der Waals surface area (Å²) < 4.78 is 5.49. The smallest absolute Gasteiger partial charge is 0.411 e. The van der Waals surface area contributed by atoms with E-state index in [1.165, 1.54) is 13.3 Å². The summed E-state index contributed by atoms with van der Waals surface area (Å²) in [5.41, 5.74) is 5.69. The zero-order valence-electron chi connectivity index (χ0n) is 18.7. The molecule has 0 fully saturated rings. The fraction of sp³-hybridized carbons (Fsp3) is 0.154. The lowest BCUT2D eigenvalue weighted by Crippen LogP contribution is -2.33. The molecule has 8 nitrogen and oxygen atoms in total. The minimum Gasteiger partial charge on any atom is -0.618 e. The van der Waals surface area contributed by atoms with E-state index in [1.54, 1.807) is 36.5 Å². The number of aromatic nitrogens is 3. The molecule has 35 heavy (non-hydrogen) atoms. The molecule has 0 saturated heterocycles. The molecule has 5 rings (SSSR count). The molecule has 0 radical (unpaired) electrons. The molecule has 0 saturated carbocycles. The Labute approximate surface area is 206 Å². The van der Waals surface area contributed by atoms with Gasteiger partial charge in [-0.1, -0.05) is 23.7 Å². The molecule has 1 aliphatic rings. The van der Waals surface area contributed by atoms with Gasteiger partial charge in [0.05, 0.1) is 30.6 Å². The first kappa shape index (κ1) is 22.4. The molecule has 1 amide bonds. The maximum atomic E-state index is 13.1. The summed E-state index contributed by atoms with van der Waals surface area (Å²) in [6, 6.07) is 16.4. The fourth-order valence-electron chi connectivity index (χ4n) is 4.48. The van der Waals surface area contributed by atoms with Crippen molar-refractivity contribution in [1.29, 1.82) is 5.26 Å². The molecule has 4 aromatic rings. The molecule has 1 atom stereocenters. The van der Waals surface area contributed by atoms with Gasteiger partial charge in [-0.15, -0.1) is 0 Å². The third kappa shape index (κ3) is 4.29. The first-order valence-corrected chi connectivity index (χ1v) is 11.3. The summed E-state index contributed by atoms with van der Waals surface area (Å²) in [5.74, 6) is 0.550. The second-order valence-corrected chi connectivity index (χ2v) is 8.67. The second kappa shape index (κ2) is 9.12. The summed E-state index contributed by atoms with van der Waals surface area (Å²) in [6.45, 7) is 0. The van der Waals surface area contributed by atoms with Gasteiger partial charge in [-0.2, -0.15) is 9.99 Å². The van der Waals surface area contributed by atoms with E-state index in [2.05, 4.69) is 26.1 Å². The summed E-state index contributed by atoms with van der Waals surface area (Å²) in [6.07, 6.45) is 4.18. The van der Waals surface area contributed by atoms with Crippen LogP contribution in [0.5, 0.6) is 0 Å². The van der Waals surface area contributed by atoms with Crippen molar-refractivity contribution in [2.45, 2.75) is 18.8 Å². The van der Waals surface area contributed by atoms with Crippen molar-refractivity contribution in [1.82, 2.24) is 9.97 Å². The Kier molecular flexibility index (Phi) is 5.85. The maximum Gasteiger partial charge on any atom is 0.411 e. The van der Waals surface area contributed by atoms with E-state index in [9.17, 15) is 15.3 Å². The first-order chi connectivity index (χ1) is 17.0. The minimum atomic E-state index is -0.533. The van der Waals surface area contributed by atoms with Crippen LogP contribution in [-0.4, -0.2) is 23.2 Å². The van der Waals surface area contributed by atoms with Crippen LogP contribution in [0.4, 0.5) is 10.5 Å². The summed E-state index contributed by atoms with van der Waals surface area (Å²) in [4.78, 5) is 19.3. The number of nitrogens with zero attached hydrogens (tertiary/aromatic N) is 3. The van der Waals surface area contributed by atoms with Crippen LogP contribution in [0.2, 0.25) is 5.02 Å². The number of nitriles is 1. The van der Waals surface area contributed by atoms with Crippen molar-refractivity contribution in [2.75, 3.05) is 12.4 Å². The quantitative estimate of drug-likeness (QED) is 0.306. The number of carbonyl (C=O) groups excluding carboxylic acids is 1. The number of aromatic amines is 1. The molecular weight excluding hydrogens is 466 g/mol. The van der Waals surface area contributed by atoms with Crippen LogP contribution >= 0.6 is 11.6 Å². The predicted octanol–water partition coefficient (Wildman–Crippen LogP) is 5.16. The van der Waals surface area contributed by atoms with Crippen molar-refractivity contribution < 1.29 is 14.3 Å². The number of carbonyl (C=O) groups is 1. The summed E-state index contributed by atoms with van der Waals surface area (Å²) in [5, 5.41) is 25.7. The number of anilines is 1. The van der Waals surface area contributed by atoms with Gasteiger partial charge in [0.25, 0.3) is 0 Å². The zero-order chi connectivity index (χ0) is 24.5. The molecule has 0 spiro atoms. The highest BCUT2D eigenvalue weighted by Crippen LogP contribution is 2.37. The second-order valence-electron chi connectivity index (χ2n) is 8.23. The number of fused-ring (bicyclic) bond motifs is 1. The number of hydrogen-bond donors (Lipinski definition) is 2. The molecule has 174 valence electrons. The normalized spacial score (nSPS) is 14.3. The molecular formula is C26H20ClN5O3. The van der Waals surface area contributed by atoms with Crippen LogP contribution in [0.25, 0.3) is 22.4 Å². The third-order valence-corrected chi connectivity index (χ3v) is 6.39. The molecule has 2 N–H and O–H groups in total. The van der Waals surface area contributed by atoms with Crippen LogP contribution in [0.3, 0.4) is 0 Å². The SMILES string of the molecule is COC(=O)Nc1ccc(-c2cnc([C@@H]3CCc4cc(-c5cc(Cl)ccc5C#N)c[n+]([O-])c43)[nH]2)cc1. The number of halogens is 1. The molecule has 9 heteroatoms. The largest absolute Gasteiger partial charge is 0.618 e. The number of nitrogens with one attached hydrogen (secondary N) is 2. The Morgan fingerprint density at radius 3 is 2.80 bits per heavy atom. The number of H-pyrrole nitrogens is 1. The number of rotatable bonds is 4. The Hall–Kier alpha value is -4.35. The van der Waals surface area contributed by atoms with Gasteiger partial charge in [-0.3, -0.25) is 5.32 Å². The van der Waals surface area contributed by atoms with Gasteiger partial charge in [0.1, 0.15) is 11.7 Å². The van der Waals surface area contributed by atoms with Gasteiger partial charge in [-0.25, -0.2) is 9.78 Å². The van der Waals surface area contributed by atoms with Crippen LogP contribution in [0, 0.1) is 16.5 Å². The Balaban J connectivity index is 1.43. The lowest BCUT2D eigenvalue weighted by atomic mass is 9.99. The number of benzene rings is 2. The molecule has 2 heterocycles. The summed E-state index contributed by atoms with van der Waals surface area (Å²) in [7, 11) is 1.31.